The number of benzene rings is 1. The van der Waals surface area contributed by atoms with E-state index >= 15 is 0 Å². The second-order valence-corrected chi connectivity index (χ2v) is 6.55. The molecule has 1 heterocycles. The Kier molecular flexibility index (Phi) is 3.51. The van der Waals surface area contributed by atoms with Crippen molar-refractivity contribution in [3.63, 3.8) is 0 Å². The minimum atomic E-state index is -0.444. The van der Waals surface area contributed by atoms with E-state index in [1.54, 1.807) is 0 Å². The van der Waals surface area contributed by atoms with Gasteiger partial charge in [0.25, 0.3) is 0 Å². The van der Waals surface area contributed by atoms with Gasteiger partial charge in [-0.3, -0.25) is 4.90 Å². The number of rotatable bonds is 6. The number of ether oxygens (including phenoxy) is 2. The second-order valence-electron chi connectivity index (χ2n) is 6.55. The first kappa shape index (κ1) is 13.4. The van der Waals surface area contributed by atoms with Crippen molar-refractivity contribution in [1.82, 2.24) is 4.90 Å². The third-order valence-electron chi connectivity index (χ3n) is 4.61. The Balaban J connectivity index is 1.44. The Hall–Kier alpha value is -1.26. The van der Waals surface area contributed by atoms with Crippen molar-refractivity contribution < 1.29 is 14.6 Å². The van der Waals surface area contributed by atoms with Crippen LogP contribution in [0.5, 0.6) is 11.5 Å². The van der Waals surface area contributed by atoms with Crippen LogP contribution in [0.3, 0.4) is 0 Å². The molecule has 1 unspecified atom stereocenters. The molecule has 0 aromatic heterocycles. The highest BCUT2D eigenvalue weighted by Crippen LogP contribution is 2.37. The van der Waals surface area contributed by atoms with E-state index < -0.39 is 6.10 Å². The maximum atomic E-state index is 10.6. The normalized spacial score (nSPS) is 22.4. The fraction of sp³-hybridized carbons (Fsp3) is 0.647. The van der Waals surface area contributed by atoms with Crippen LogP contribution in [0, 0.1) is 5.92 Å². The van der Waals surface area contributed by atoms with Gasteiger partial charge >= 0.3 is 0 Å². The number of hydrogen-bond donors (Lipinski definition) is 1. The van der Waals surface area contributed by atoms with E-state index in [1.165, 1.54) is 25.7 Å². The van der Waals surface area contributed by atoms with E-state index in [9.17, 15) is 5.11 Å². The van der Waals surface area contributed by atoms with Gasteiger partial charge in [-0.2, -0.15) is 0 Å². The van der Waals surface area contributed by atoms with Crippen molar-refractivity contribution in [2.75, 3.05) is 26.3 Å². The van der Waals surface area contributed by atoms with Gasteiger partial charge in [0.2, 0.25) is 0 Å². The molecule has 0 amide bonds. The smallest absolute Gasteiger partial charge is 0.161 e. The predicted octanol–water partition coefficient (Wildman–Crippen LogP) is 2.37. The van der Waals surface area contributed by atoms with Gasteiger partial charge in [-0.05, 0) is 49.3 Å². The van der Waals surface area contributed by atoms with Crippen LogP contribution in [0.4, 0.5) is 0 Å². The van der Waals surface area contributed by atoms with Crippen LogP contribution in [0.15, 0.2) is 18.2 Å². The average molecular weight is 289 g/mol. The molecule has 1 aromatic carbocycles. The van der Waals surface area contributed by atoms with Crippen molar-refractivity contribution in [2.24, 2.45) is 5.92 Å². The Morgan fingerprint density at radius 1 is 1.10 bits per heavy atom. The number of hydrogen-bond acceptors (Lipinski definition) is 4. The molecule has 4 heteroatoms. The molecule has 0 spiro atoms. The van der Waals surface area contributed by atoms with E-state index in [2.05, 4.69) is 4.90 Å². The van der Waals surface area contributed by atoms with Crippen LogP contribution in [0.1, 0.15) is 37.4 Å². The molecule has 1 aromatic rings. The summed E-state index contributed by atoms with van der Waals surface area (Å²) in [6, 6.07) is 6.51. The summed E-state index contributed by atoms with van der Waals surface area (Å²) < 4.78 is 11.1. The summed E-state index contributed by atoms with van der Waals surface area (Å²) in [7, 11) is 0. The van der Waals surface area contributed by atoms with Crippen LogP contribution < -0.4 is 9.47 Å². The molecule has 1 atom stereocenters. The lowest BCUT2D eigenvalue weighted by Gasteiger charge is -2.26. The number of aliphatic hydroxyl groups is 1. The van der Waals surface area contributed by atoms with Gasteiger partial charge in [0.15, 0.2) is 11.5 Å². The first-order valence-corrected chi connectivity index (χ1v) is 8.11. The molecule has 1 N–H and O–H groups in total. The van der Waals surface area contributed by atoms with Crippen LogP contribution in [-0.2, 0) is 0 Å². The lowest BCUT2D eigenvalue weighted by Crippen LogP contribution is -2.32. The van der Waals surface area contributed by atoms with Crippen molar-refractivity contribution in [1.29, 1.82) is 0 Å². The lowest BCUT2D eigenvalue weighted by atomic mass is 10.1. The summed E-state index contributed by atoms with van der Waals surface area (Å²) in [5.41, 5.74) is 0.931. The molecule has 2 fully saturated rings. The molecule has 0 radical (unpaired) electrons. The highest BCUT2D eigenvalue weighted by molar-refractivity contribution is 5.44. The topological polar surface area (TPSA) is 41.9 Å². The Bertz CT molecular complexity index is 511. The Morgan fingerprint density at radius 3 is 2.57 bits per heavy atom. The number of nitrogens with zero attached hydrogens (tertiary/aromatic N) is 1. The maximum Gasteiger partial charge on any atom is 0.161 e. The number of aliphatic hydroxyl groups excluding tert-OH is 1. The zero-order valence-corrected chi connectivity index (χ0v) is 12.3. The van der Waals surface area contributed by atoms with Gasteiger partial charge in [-0.15, -0.1) is 0 Å². The highest BCUT2D eigenvalue weighted by atomic mass is 16.6. The molecule has 114 valence electrons. The molecular weight excluding hydrogens is 266 g/mol. The van der Waals surface area contributed by atoms with Gasteiger partial charge in [0.05, 0.1) is 6.10 Å². The minimum absolute atomic E-state index is 0.444. The Labute approximate surface area is 125 Å². The van der Waals surface area contributed by atoms with Gasteiger partial charge in [-0.25, -0.2) is 0 Å². The van der Waals surface area contributed by atoms with Crippen molar-refractivity contribution in [2.45, 2.75) is 37.8 Å². The summed E-state index contributed by atoms with van der Waals surface area (Å²) in [6.07, 6.45) is 4.87. The quantitative estimate of drug-likeness (QED) is 0.873. The third kappa shape index (κ3) is 3.16. The third-order valence-corrected chi connectivity index (χ3v) is 4.61. The van der Waals surface area contributed by atoms with Gasteiger partial charge < -0.3 is 14.6 Å². The Morgan fingerprint density at radius 2 is 1.86 bits per heavy atom. The zero-order valence-electron chi connectivity index (χ0n) is 12.3. The summed E-state index contributed by atoms with van der Waals surface area (Å²) in [6.45, 7) is 3.08. The standard InChI is InChI=1S/C17H23NO3/c19-15(11-18(14-4-5-14)10-12-1-2-12)13-3-6-16-17(9-13)21-8-7-20-16/h3,6,9,12,14-15,19H,1-2,4-5,7-8,10-11H2. The van der Waals surface area contributed by atoms with E-state index in [0.717, 1.165) is 36.1 Å². The molecular formula is C17H23NO3. The van der Waals surface area contributed by atoms with Crippen LogP contribution in [0.2, 0.25) is 0 Å². The second kappa shape index (κ2) is 5.50. The SMILES string of the molecule is OC(CN(CC1CC1)C1CC1)c1ccc2c(c1)OCCO2. The van der Waals surface area contributed by atoms with Crippen LogP contribution in [0.25, 0.3) is 0 Å². The molecule has 0 bridgehead atoms. The first-order chi connectivity index (χ1) is 10.3. The summed E-state index contributed by atoms with van der Waals surface area (Å²) >= 11 is 0. The zero-order chi connectivity index (χ0) is 14.2. The molecule has 4 nitrogen and oxygen atoms in total. The summed E-state index contributed by atoms with van der Waals surface area (Å²) in [4.78, 5) is 2.49. The van der Waals surface area contributed by atoms with E-state index in [4.69, 9.17) is 9.47 Å². The minimum Gasteiger partial charge on any atom is -0.486 e. The molecule has 2 saturated carbocycles. The molecule has 4 rings (SSSR count). The molecule has 1 aliphatic heterocycles. The fourth-order valence-electron chi connectivity index (χ4n) is 3.04. The van der Waals surface area contributed by atoms with E-state index in [1.807, 2.05) is 18.2 Å². The summed E-state index contributed by atoms with van der Waals surface area (Å²) in [5.74, 6) is 2.42. The molecule has 3 aliphatic rings. The fourth-order valence-corrected chi connectivity index (χ4v) is 3.04. The van der Waals surface area contributed by atoms with Gasteiger partial charge in [0, 0.05) is 19.1 Å². The van der Waals surface area contributed by atoms with Crippen molar-refractivity contribution >= 4 is 0 Å². The van der Waals surface area contributed by atoms with Crippen molar-refractivity contribution in [3.05, 3.63) is 23.8 Å². The van der Waals surface area contributed by atoms with Crippen LogP contribution in [-0.4, -0.2) is 42.4 Å². The van der Waals surface area contributed by atoms with Crippen LogP contribution >= 0.6 is 0 Å². The predicted molar refractivity (Wildman–Crippen MR) is 79.7 cm³/mol. The van der Waals surface area contributed by atoms with E-state index in [0.29, 0.717) is 19.3 Å². The van der Waals surface area contributed by atoms with Crippen molar-refractivity contribution in [3.8, 4) is 11.5 Å². The monoisotopic (exact) mass is 289 g/mol. The largest absolute Gasteiger partial charge is 0.486 e. The maximum absolute atomic E-state index is 10.6. The molecule has 21 heavy (non-hydrogen) atoms. The molecule has 0 saturated heterocycles. The number of fused-ring (bicyclic) bond motifs is 1. The lowest BCUT2D eigenvalue weighted by molar-refractivity contribution is 0.105. The molecule has 2 aliphatic carbocycles. The van der Waals surface area contributed by atoms with Gasteiger partial charge in [-0.1, -0.05) is 6.07 Å². The highest BCUT2D eigenvalue weighted by Gasteiger charge is 2.34. The van der Waals surface area contributed by atoms with E-state index in [-0.39, 0.29) is 0 Å². The summed E-state index contributed by atoms with van der Waals surface area (Å²) in [5, 5.41) is 10.6. The first-order valence-electron chi connectivity index (χ1n) is 8.11. The van der Waals surface area contributed by atoms with Gasteiger partial charge in [0.1, 0.15) is 13.2 Å². The average Bonchev–Trinajstić information content (AvgIpc) is 3.38.